The summed E-state index contributed by atoms with van der Waals surface area (Å²) in [6.07, 6.45) is 4.81. The fourth-order valence-corrected chi connectivity index (χ4v) is 6.96. The van der Waals surface area contributed by atoms with E-state index in [0.717, 1.165) is 33.4 Å². The van der Waals surface area contributed by atoms with Gasteiger partial charge < -0.3 is 24.4 Å². The number of aliphatic hydroxyl groups is 1. The Labute approximate surface area is 333 Å². The number of halogens is 3. The van der Waals surface area contributed by atoms with Crippen LogP contribution in [-0.2, 0) is 12.5 Å². The van der Waals surface area contributed by atoms with Crippen molar-refractivity contribution in [3.63, 3.8) is 0 Å². The number of methoxy groups -OCH3 is 2. The molecule has 2 aliphatic rings. The van der Waals surface area contributed by atoms with Gasteiger partial charge >= 0.3 is 0 Å². The van der Waals surface area contributed by atoms with Crippen LogP contribution in [0.15, 0.2) is 72.8 Å². The zero-order valence-corrected chi connectivity index (χ0v) is 29.5. The van der Waals surface area contributed by atoms with Crippen molar-refractivity contribution in [1.29, 1.82) is 0 Å². The molecule has 2 saturated carbocycles. The van der Waals surface area contributed by atoms with Gasteiger partial charge in [0.1, 0.15) is 23.1 Å². The molecule has 0 bridgehead atoms. The summed E-state index contributed by atoms with van der Waals surface area (Å²) < 4.78 is 180. The van der Waals surface area contributed by atoms with E-state index in [1.165, 1.54) is 37.8 Å². The Kier molecular flexibility index (Phi) is 7.11. The van der Waals surface area contributed by atoms with Crippen molar-refractivity contribution in [3.05, 3.63) is 107 Å². The van der Waals surface area contributed by atoms with Crippen LogP contribution in [0.3, 0.4) is 0 Å². The van der Waals surface area contributed by atoms with Crippen LogP contribution in [0.1, 0.15) is 103 Å². The summed E-state index contributed by atoms with van der Waals surface area (Å²) >= 11 is 6.05. The van der Waals surface area contributed by atoms with Crippen molar-refractivity contribution in [3.8, 4) is 33.8 Å². The van der Waals surface area contributed by atoms with E-state index in [1.54, 1.807) is 38.5 Å². The number of aliphatic hydroxyl groups excluding tert-OH is 1. The number of ether oxygens (including phenoxy) is 2. The van der Waals surface area contributed by atoms with E-state index in [-0.39, 0.29) is 31.8 Å². The second-order valence-electron chi connectivity index (χ2n) is 13.3. The fraction of sp³-hybridized carbons (Fsp3) is 0.400. The molecule has 0 radical (unpaired) electrons. The molecule has 6 rings (SSSR count). The molecular weight excluding hydrogens is 630 g/mol. The summed E-state index contributed by atoms with van der Waals surface area (Å²) in [6, 6.07) is 22.1. The standard InChI is InChI=1S/C20H23ClFNO.C20H24FNO2.15H2/c1-23(2)20(14-5-6-14)18-10-13(12-21)4-8-16(18)17-11-15(24-3)7-9-19(17)22;1-22(2)20(14-5-6-14)18-10-13(12-23)4-8-16(18)17-11-15(24-3)7-9-19(17)21;;;;;;;;;;;;;;;/h4,7-11,14,20H,5-6,12H2,1-3H3;4,7-11,14,20,23H,5-6,12H2,1-3H3;15*1H/i;;14*1+2T;1+2. The second kappa shape index (κ2) is 15.8. The summed E-state index contributed by atoms with van der Waals surface area (Å²) in [4.78, 5) is 4.42. The van der Waals surface area contributed by atoms with Crippen molar-refractivity contribution in [2.45, 2.75) is 50.3 Å². The van der Waals surface area contributed by atoms with Crippen LogP contribution >= 0.6 is 11.6 Å². The predicted octanol–water partition coefficient (Wildman–Crippen LogP) is 12.9. The molecule has 5 nitrogen and oxygen atoms in total. The van der Waals surface area contributed by atoms with Gasteiger partial charge in [0.15, 0.2) is 0 Å². The molecule has 4 aromatic rings. The van der Waals surface area contributed by atoms with E-state index < -0.39 is 0 Å². The number of hydrogen-bond acceptors (Lipinski definition) is 5. The van der Waals surface area contributed by atoms with Crippen LogP contribution in [-0.4, -0.2) is 57.3 Å². The quantitative estimate of drug-likeness (QED) is 0.146. The highest BCUT2D eigenvalue weighted by molar-refractivity contribution is 6.17. The minimum absolute atomic E-state index is 0. The van der Waals surface area contributed by atoms with E-state index >= 15 is 0 Å². The Hall–Kier alpha value is -3.49. The Bertz CT molecular complexity index is 1650. The largest absolute Gasteiger partial charge is 0.497 e. The number of alkyl halides is 1. The summed E-state index contributed by atoms with van der Waals surface area (Å²) in [5.41, 5.74) is 7.05. The van der Waals surface area contributed by atoms with Crippen LogP contribution in [0.5, 0.6) is 11.5 Å². The maximum atomic E-state index is 14.5. The minimum Gasteiger partial charge on any atom is -0.497 e. The SMILES string of the molecule is COc1ccc(F)c(-c2ccc(CCl)cc2C(C2CC2)N(C)C)c1.COc1ccc(F)c(-c2ccc(CO)cc2C(C2CC2)N(C)C)c1.[3HH].[3H][3H].[3H][3H].[3H][3H].[3H][3H].[3H][3H].[3H][3H].[3H][3H].[3H][3H].[3H][3H].[3H][3H].[3H][3H].[3H][3H].[3H][3H].[3H][3H]. The molecule has 0 saturated heterocycles. The molecule has 0 heterocycles. The first-order chi connectivity index (χ1) is 37.1. The van der Waals surface area contributed by atoms with Crippen molar-refractivity contribution >= 4 is 11.6 Å². The lowest BCUT2D eigenvalue weighted by Gasteiger charge is -2.28. The van der Waals surface area contributed by atoms with Gasteiger partial charge in [0.05, 0.1) is 20.8 Å². The zero-order valence-electron chi connectivity index (χ0n) is 56.8. The number of nitrogens with zero attached hydrogens (tertiary/aromatic N) is 2. The average molecular weight is 766 g/mol. The van der Waals surface area contributed by atoms with Gasteiger partial charge in [0, 0.05) is 72.1 Å². The van der Waals surface area contributed by atoms with Gasteiger partial charge in [0.25, 0.3) is 0 Å². The molecule has 0 aliphatic heterocycles. The molecule has 2 unspecified atom stereocenters. The average Bonchev–Trinajstić information content (AvgIpc) is 4.49. The first kappa shape index (κ1) is 21.6. The highest BCUT2D eigenvalue weighted by Gasteiger charge is 2.36. The van der Waals surface area contributed by atoms with E-state index in [4.69, 9.17) is 62.6 Å². The molecular formula is C40H77ClF2N2O3. The zero-order chi connectivity index (χ0) is 62.5. The molecule has 48 heavy (non-hydrogen) atoms. The normalized spacial score (nSPS) is 17.9. The Balaban J connectivity index is -0.0000000856. The molecule has 0 aromatic heterocycles. The van der Waals surface area contributed by atoms with Gasteiger partial charge in [-0.15, -0.1) is 11.6 Å². The molecule has 2 aliphatic carbocycles. The molecule has 4 aromatic carbocycles. The monoisotopic (exact) mass is 765 g/mol. The lowest BCUT2D eigenvalue weighted by molar-refractivity contribution is 0.267. The van der Waals surface area contributed by atoms with Crippen molar-refractivity contribution in [1.82, 2.24) is 9.80 Å². The molecule has 2 atom stereocenters. The first-order valence-electron chi connectivity index (χ1n) is 30.5. The maximum Gasteiger partial charge on any atom is 0.131 e. The molecule has 0 amide bonds. The van der Waals surface area contributed by atoms with Gasteiger partial charge in [-0.1, -0.05) is 36.4 Å². The summed E-state index contributed by atoms with van der Waals surface area (Å²) in [7, 11) is 11.5. The van der Waals surface area contributed by atoms with Crippen LogP contribution in [0, 0.1) is 23.5 Å². The van der Waals surface area contributed by atoms with Crippen LogP contribution in [0.4, 0.5) is 8.78 Å². The van der Waals surface area contributed by atoms with E-state index in [9.17, 15) is 13.9 Å². The third-order valence-electron chi connectivity index (χ3n) is 9.38. The molecule has 286 valence electrons. The minimum atomic E-state index is -0.262. The van der Waals surface area contributed by atoms with Crippen LogP contribution in [0.2, 0.25) is 0 Å². The number of rotatable bonds is 12. The van der Waals surface area contributed by atoms with Crippen LogP contribution < -0.4 is 9.47 Å². The van der Waals surface area contributed by atoms with Gasteiger partial charge in [-0.05, 0) is 135 Å². The van der Waals surface area contributed by atoms with E-state index in [1.807, 2.05) is 30.3 Å². The third-order valence-corrected chi connectivity index (χ3v) is 9.69. The number of hydrogen-bond donors (Lipinski definition) is 1. The van der Waals surface area contributed by atoms with Gasteiger partial charge in [-0.25, -0.2) is 8.78 Å². The Morgan fingerprint density at radius 2 is 1.10 bits per heavy atom. The smallest absolute Gasteiger partial charge is 0.131 e. The molecule has 2 fully saturated rings. The summed E-state index contributed by atoms with van der Waals surface area (Å²) in [6.45, 7) is -0.0152. The lowest BCUT2D eigenvalue weighted by atomic mass is 9.90. The topological polar surface area (TPSA) is 45.2 Å². The summed E-state index contributed by atoms with van der Waals surface area (Å²) in [5.74, 6) is 2.46. The van der Waals surface area contributed by atoms with Gasteiger partial charge in [0.2, 0.25) is 0 Å². The molecule has 1 N–H and O–H groups in total. The maximum absolute atomic E-state index is 14.5. The van der Waals surface area contributed by atoms with E-state index in [2.05, 4.69) is 44.1 Å². The highest BCUT2D eigenvalue weighted by Crippen LogP contribution is 2.48. The van der Waals surface area contributed by atoms with Gasteiger partial charge in [-0.3, -0.25) is 0 Å². The van der Waals surface area contributed by atoms with Crippen molar-refractivity contribution in [2.75, 3.05) is 42.4 Å². The molecule has 8 heteroatoms. The predicted molar refractivity (Wildman–Crippen MR) is 222 cm³/mol. The lowest BCUT2D eigenvalue weighted by Crippen LogP contribution is -2.22. The van der Waals surface area contributed by atoms with Crippen LogP contribution in [0.25, 0.3) is 22.3 Å². The number of benzene rings is 4. The Morgan fingerprint density at radius 1 is 0.688 bits per heavy atom. The highest BCUT2D eigenvalue weighted by atomic mass is 35.5. The molecule has 0 spiro atoms. The van der Waals surface area contributed by atoms with Crippen molar-refractivity contribution in [2.24, 2.45) is 11.8 Å². The van der Waals surface area contributed by atoms with Crippen molar-refractivity contribution < 1.29 is 66.4 Å². The third kappa shape index (κ3) is 8.20. The fourth-order valence-electron chi connectivity index (χ4n) is 6.79. The second-order valence-corrected chi connectivity index (χ2v) is 13.6. The van der Waals surface area contributed by atoms with Gasteiger partial charge in [-0.2, -0.15) is 0 Å². The Morgan fingerprint density at radius 3 is 1.46 bits per heavy atom. The first-order valence-corrected chi connectivity index (χ1v) is 17.1. The summed E-state index contributed by atoms with van der Waals surface area (Å²) in [5, 5.41) is 9.53. The van der Waals surface area contributed by atoms with E-state index in [0.29, 0.717) is 40.3 Å².